The average molecular weight is 1280 g/mol. The van der Waals surface area contributed by atoms with Gasteiger partial charge in [-0.15, -0.1) is 0 Å². The van der Waals surface area contributed by atoms with E-state index in [1.807, 2.05) is 0 Å². The number of amides is 1. The first-order valence-corrected chi connectivity index (χ1v) is 41.7. The number of hydrogen-bond acceptors (Lipinski definition) is 5. The second-order valence-corrected chi connectivity index (χ2v) is 28.8. The van der Waals surface area contributed by atoms with E-state index in [2.05, 4.69) is 55.6 Å². The van der Waals surface area contributed by atoms with Crippen LogP contribution in [0, 0.1) is 0 Å². The third-order valence-corrected chi connectivity index (χ3v) is 19.7. The molecule has 6 heteroatoms. The van der Waals surface area contributed by atoms with Crippen molar-refractivity contribution in [2.45, 2.75) is 482 Å². The van der Waals surface area contributed by atoms with Crippen LogP contribution in [0.5, 0.6) is 0 Å². The van der Waals surface area contributed by atoms with Gasteiger partial charge in [0.25, 0.3) is 0 Å². The van der Waals surface area contributed by atoms with Gasteiger partial charge < -0.3 is 20.3 Å². The van der Waals surface area contributed by atoms with Gasteiger partial charge in [-0.2, -0.15) is 0 Å². The smallest absolute Gasteiger partial charge is 0.305 e. The van der Waals surface area contributed by atoms with Gasteiger partial charge >= 0.3 is 5.97 Å². The summed E-state index contributed by atoms with van der Waals surface area (Å²) in [5, 5.41) is 23.5. The number of carbonyl (C=O) groups excluding carboxylic acids is 2. The van der Waals surface area contributed by atoms with Crippen LogP contribution in [0.25, 0.3) is 0 Å². The van der Waals surface area contributed by atoms with Crippen molar-refractivity contribution in [3.8, 4) is 0 Å². The molecule has 6 nitrogen and oxygen atoms in total. The number of ether oxygens (including phenoxy) is 1. The normalized spacial score (nSPS) is 12.6. The molecule has 0 bridgehead atoms. The van der Waals surface area contributed by atoms with Gasteiger partial charge in [0.2, 0.25) is 5.91 Å². The highest BCUT2D eigenvalue weighted by molar-refractivity contribution is 5.76. The lowest BCUT2D eigenvalue weighted by molar-refractivity contribution is -0.143. The molecule has 0 aliphatic heterocycles. The van der Waals surface area contributed by atoms with Crippen LogP contribution in [-0.4, -0.2) is 47.4 Å². The Morgan fingerprint density at radius 2 is 0.549 bits per heavy atom. The van der Waals surface area contributed by atoms with Crippen LogP contribution < -0.4 is 5.32 Å². The third kappa shape index (κ3) is 77.0. The predicted molar refractivity (Wildman–Crippen MR) is 403 cm³/mol. The SMILES string of the molecule is CCCCCC/C=C\C/C=C\CCCCCCCCCC(=O)OCCCCCCCCCCCCCC/C=C\CCCCCCCCCCCCCCCCCC(=O)NC(CO)C(O)CCCCCCCCCCCCCCCCCCCCCCCCCCC. The molecule has 0 radical (unpaired) electrons. The average Bonchev–Trinajstić information content (AvgIpc) is 3.65. The number of esters is 1. The lowest BCUT2D eigenvalue weighted by atomic mass is 10.0. The van der Waals surface area contributed by atoms with Gasteiger partial charge in [0, 0.05) is 12.8 Å². The van der Waals surface area contributed by atoms with Crippen molar-refractivity contribution in [2.75, 3.05) is 13.2 Å². The standard InChI is InChI=1S/C85H163NO5/c1-3-5-7-9-11-13-15-17-19-21-23-24-25-33-36-39-42-45-49-53-57-61-65-69-73-77-83(88)82(81-87)86-84(89)78-74-70-66-62-58-54-50-46-43-40-37-34-31-29-27-26-28-30-32-35-38-41-44-48-52-56-60-64-68-72-76-80-91-85(90)79-75-71-67-63-59-55-51-47-22-20-18-16-14-12-10-8-6-4-2/h14,16,20,22,28,30,82-83,87-88H,3-13,15,17-19,21,23-27,29,31-81H2,1-2H3,(H,86,89)/b16-14-,22-20-,30-28-. The van der Waals surface area contributed by atoms with Gasteiger partial charge in [-0.1, -0.05) is 410 Å². The molecule has 0 fully saturated rings. The number of aliphatic hydroxyl groups is 2. The van der Waals surface area contributed by atoms with E-state index < -0.39 is 12.1 Å². The molecule has 0 aromatic heterocycles. The van der Waals surface area contributed by atoms with Crippen LogP contribution in [0.4, 0.5) is 0 Å². The van der Waals surface area contributed by atoms with Crippen LogP contribution in [0.15, 0.2) is 36.5 Å². The Morgan fingerprint density at radius 3 is 0.857 bits per heavy atom. The van der Waals surface area contributed by atoms with Gasteiger partial charge in [-0.05, 0) is 83.5 Å². The molecule has 0 aromatic rings. The molecular weight excluding hydrogens is 1110 g/mol. The zero-order valence-corrected chi connectivity index (χ0v) is 61.9. The molecule has 0 aromatic carbocycles. The van der Waals surface area contributed by atoms with Gasteiger partial charge in [-0.25, -0.2) is 0 Å². The second-order valence-electron chi connectivity index (χ2n) is 28.8. The summed E-state index contributed by atoms with van der Waals surface area (Å²) in [6.45, 7) is 4.99. The summed E-state index contributed by atoms with van der Waals surface area (Å²) in [4.78, 5) is 24.7. The fourth-order valence-electron chi connectivity index (χ4n) is 13.3. The lowest BCUT2D eigenvalue weighted by Crippen LogP contribution is -2.45. The molecule has 0 spiro atoms. The Morgan fingerprint density at radius 1 is 0.308 bits per heavy atom. The van der Waals surface area contributed by atoms with E-state index >= 15 is 0 Å². The van der Waals surface area contributed by atoms with Crippen molar-refractivity contribution in [3.63, 3.8) is 0 Å². The maximum atomic E-state index is 12.6. The van der Waals surface area contributed by atoms with Crippen molar-refractivity contribution in [3.05, 3.63) is 36.5 Å². The number of unbranched alkanes of at least 4 members (excludes halogenated alkanes) is 62. The summed E-state index contributed by atoms with van der Waals surface area (Å²) in [7, 11) is 0. The van der Waals surface area contributed by atoms with Crippen LogP contribution in [-0.2, 0) is 14.3 Å². The summed E-state index contributed by atoms with van der Waals surface area (Å²) in [5.41, 5.74) is 0. The van der Waals surface area contributed by atoms with Gasteiger partial charge in [0.1, 0.15) is 0 Å². The molecule has 2 atom stereocenters. The van der Waals surface area contributed by atoms with Crippen LogP contribution in [0.3, 0.4) is 0 Å². The Labute approximate surface area is 570 Å². The van der Waals surface area contributed by atoms with E-state index in [9.17, 15) is 19.8 Å². The highest BCUT2D eigenvalue weighted by atomic mass is 16.5. The van der Waals surface area contributed by atoms with E-state index in [1.165, 1.54) is 385 Å². The minimum Gasteiger partial charge on any atom is -0.466 e. The number of hydrogen-bond donors (Lipinski definition) is 3. The highest BCUT2D eigenvalue weighted by Crippen LogP contribution is 2.20. The summed E-state index contributed by atoms with van der Waals surface area (Å²) in [5.74, 6) is -0.0158. The first kappa shape index (κ1) is 89.1. The minimum atomic E-state index is -0.665. The number of carbonyl (C=O) groups is 2. The van der Waals surface area contributed by atoms with Crippen molar-refractivity contribution >= 4 is 11.9 Å². The Hall–Kier alpha value is -1.92. The first-order valence-electron chi connectivity index (χ1n) is 41.7. The fourth-order valence-corrected chi connectivity index (χ4v) is 13.3. The number of aliphatic hydroxyl groups excluding tert-OH is 2. The molecule has 91 heavy (non-hydrogen) atoms. The van der Waals surface area contributed by atoms with E-state index in [1.54, 1.807) is 0 Å². The molecule has 0 aliphatic carbocycles. The minimum absolute atomic E-state index is 0.0113. The number of allylic oxidation sites excluding steroid dienone is 6. The lowest BCUT2D eigenvalue weighted by Gasteiger charge is -2.22. The molecule has 3 N–H and O–H groups in total. The molecule has 0 saturated heterocycles. The zero-order chi connectivity index (χ0) is 65.6. The largest absolute Gasteiger partial charge is 0.466 e. The third-order valence-electron chi connectivity index (χ3n) is 19.7. The molecule has 0 saturated carbocycles. The maximum absolute atomic E-state index is 12.6. The van der Waals surface area contributed by atoms with Crippen molar-refractivity contribution < 1.29 is 24.5 Å². The molecule has 2 unspecified atom stereocenters. The van der Waals surface area contributed by atoms with E-state index in [0.29, 0.717) is 25.9 Å². The topological polar surface area (TPSA) is 95.9 Å². The summed E-state index contributed by atoms with van der Waals surface area (Å²) in [6.07, 6.45) is 105. The monoisotopic (exact) mass is 1280 g/mol. The summed E-state index contributed by atoms with van der Waals surface area (Å²) in [6, 6.07) is -0.542. The molecule has 1 amide bonds. The van der Waals surface area contributed by atoms with E-state index in [-0.39, 0.29) is 18.5 Å². The second kappa shape index (κ2) is 80.5. The van der Waals surface area contributed by atoms with Gasteiger partial charge in [0.15, 0.2) is 0 Å². The number of rotatable bonds is 79. The zero-order valence-electron chi connectivity index (χ0n) is 61.9. The maximum Gasteiger partial charge on any atom is 0.305 e. The fraction of sp³-hybridized carbons (Fsp3) is 0.906. The van der Waals surface area contributed by atoms with Crippen molar-refractivity contribution in [1.29, 1.82) is 0 Å². The Bertz CT molecular complexity index is 1470. The molecule has 538 valence electrons. The van der Waals surface area contributed by atoms with Gasteiger partial charge in [-0.3, -0.25) is 9.59 Å². The van der Waals surface area contributed by atoms with E-state index in [0.717, 1.165) is 51.4 Å². The molecule has 0 rings (SSSR count). The van der Waals surface area contributed by atoms with Crippen molar-refractivity contribution in [2.24, 2.45) is 0 Å². The highest BCUT2D eigenvalue weighted by Gasteiger charge is 2.20. The summed E-state index contributed by atoms with van der Waals surface area (Å²) >= 11 is 0. The first-order chi connectivity index (χ1) is 45.0. The molecule has 0 heterocycles. The number of nitrogens with one attached hydrogen (secondary N) is 1. The predicted octanol–water partition coefficient (Wildman–Crippen LogP) is 27.8. The van der Waals surface area contributed by atoms with Crippen LogP contribution in [0.1, 0.15) is 470 Å². The molecular formula is C85H163NO5. The molecule has 0 aliphatic rings. The van der Waals surface area contributed by atoms with Crippen LogP contribution in [0.2, 0.25) is 0 Å². The van der Waals surface area contributed by atoms with Gasteiger partial charge in [0.05, 0.1) is 25.4 Å². The van der Waals surface area contributed by atoms with Crippen LogP contribution >= 0.6 is 0 Å². The van der Waals surface area contributed by atoms with E-state index in [4.69, 9.17) is 4.74 Å². The Balaban J connectivity index is 3.36. The Kier molecular flexibility index (Phi) is 78.8. The summed E-state index contributed by atoms with van der Waals surface area (Å²) < 4.78 is 5.51. The van der Waals surface area contributed by atoms with Crippen molar-refractivity contribution in [1.82, 2.24) is 5.32 Å². The quantitative estimate of drug-likeness (QED) is 0.0320.